The van der Waals surface area contributed by atoms with E-state index >= 15 is 0 Å². The number of rotatable bonds is 5. The van der Waals surface area contributed by atoms with Crippen molar-refractivity contribution in [3.8, 4) is 17.1 Å². The van der Waals surface area contributed by atoms with Crippen LogP contribution in [0.5, 0.6) is 6.01 Å². The number of aromatic nitrogens is 2. The fourth-order valence-corrected chi connectivity index (χ4v) is 3.16. The Morgan fingerprint density at radius 3 is 2.22 bits per heavy atom. The van der Waals surface area contributed by atoms with E-state index < -0.39 is 0 Å². The van der Waals surface area contributed by atoms with E-state index in [1.165, 1.54) is 19.3 Å². The summed E-state index contributed by atoms with van der Waals surface area (Å²) >= 11 is 0. The Hall–Kier alpha value is -2.10. The fraction of sp³-hybridized carbons (Fsp3) is 0.474. The predicted octanol–water partition coefficient (Wildman–Crippen LogP) is 4.53. The van der Waals surface area contributed by atoms with Crippen molar-refractivity contribution in [2.24, 2.45) is 5.92 Å². The zero-order valence-electron chi connectivity index (χ0n) is 14.0. The molecule has 23 heavy (non-hydrogen) atoms. The van der Waals surface area contributed by atoms with Crippen molar-refractivity contribution in [2.45, 2.75) is 45.1 Å². The minimum absolute atomic E-state index is 0.276. The van der Waals surface area contributed by atoms with Crippen molar-refractivity contribution < 1.29 is 4.74 Å². The minimum Gasteiger partial charge on any atom is -0.460 e. The number of nitrogens with zero attached hydrogens (tertiary/aromatic N) is 2. The lowest BCUT2D eigenvalue weighted by molar-refractivity contribution is 0.119. The molecule has 122 valence electrons. The molecule has 1 fully saturated rings. The molecule has 0 radical (unpaired) electrons. The molecule has 0 saturated heterocycles. The average molecular weight is 311 g/mol. The molecule has 1 aromatic heterocycles. The SMILES string of the molecule is CCC1CCC(Oc2ncc(-c3ccc(NC)cc3)cn2)CC1. The molecule has 0 unspecified atom stereocenters. The van der Waals surface area contributed by atoms with Crippen LogP contribution in [0.25, 0.3) is 11.1 Å². The number of anilines is 1. The van der Waals surface area contributed by atoms with Gasteiger partial charge < -0.3 is 10.1 Å². The molecule has 0 amide bonds. The highest BCUT2D eigenvalue weighted by Gasteiger charge is 2.21. The number of hydrogen-bond acceptors (Lipinski definition) is 4. The van der Waals surface area contributed by atoms with Gasteiger partial charge in [-0.05, 0) is 49.3 Å². The Morgan fingerprint density at radius 1 is 1.00 bits per heavy atom. The molecule has 0 aliphatic heterocycles. The van der Waals surface area contributed by atoms with Crippen LogP contribution in [0.4, 0.5) is 5.69 Å². The van der Waals surface area contributed by atoms with Crippen LogP contribution in [-0.2, 0) is 0 Å². The Balaban J connectivity index is 1.60. The zero-order valence-corrected chi connectivity index (χ0v) is 14.0. The van der Waals surface area contributed by atoms with E-state index in [2.05, 4.69) is 34.3 Å². The van der Waals surface area contributed by atoms with Crippen molar-refractivity contribution >= 4 is 5.69 Å². The van der Waals surface area contributed by atoms with Crippen molar-refractivity contribution in [3.05, 3.63) is 36.7 Å². The third-order valence-corrected chi connectivity index (χ3v) is 4.78. The summed E-state index contributed by atoms with van der Waals surface area (Å²) in [4.78, 5) is 8.76. The summed E-state index contributed by atoms with van der Waals surface area (Å²) in [5.41, 5.74) is 3.21. The normalized spacial score (nSPS) is 21.0. The van der Waals surface area contributed by atoms with Crippen LogP contribution in [0.2, 0.25) is 0 Å². The van der Waals surface area contributed by atoms with Gasteiger partial charge in [0.1, 0.15) is 6.10 Å². The van der Waals surface area contributed by atoms with Gasteiger partial charge >= 0.3 is 6.01 Å². The standard InChI is InChI=1S/C19H25N3O/c1-3-14-4-10-18(11-5-14)23-19-21-12-16(13-22-19)15-6-8-17(20-2)9-7-15/h6-9,12-14,18,20H,3-5,10-11H2,1-2H3. The highest BCUT2D eigenvalue weighted by atomic mass is 16.5. The van der Waals surface area contributed by atoms with Crippen LogP contribution in [0.3, 0.4) is 0 Å². The monoisotopic (exact) mass is 311 g/mol. The Bertz CT molecular complexity index is 602. The van der Waals surface area contributed by atoms with Gasteiger partial charge in [0, 0.05) is 30.7 Å². The lowest BCUT2D eigenvalue weighted by Gasteiger charge is -2.27. The van der Waals surface area contributed by atoms with E-state index in [1.54, 1.807) is 0 Å². The fourth-order valence-electron chi connectivity index (χ4n) is 3.16. The van der Waals surface area contributed by atoms with E-state index in [-0.39, 0.29) is 6.10 Å². The maximum Gasteiger partial charge on any atom is 0.316 e. The Kier molecular flexibility index (Phi) is 5.11. The second kappa shape index (κ2) is 7.44. The molecule has 1 aliphatic rings. The third-order valence-electron chi connectivity index (χ3n) is 4.78. The molecule has 2 aromatic rings. The highest BCUT2D eigenvalue weighted by molar-refractivity contribution is 5.64. The van der Waals surface area contributed by atoms with Crippen molar-refractivity contribution in [2.75, 3.05) is 12.4 Å². The zero-order chi connectivity index (χ0) is 16.1. The summed E-state index contributed by atoms with van der Waals surface area (Å²) in [6.45, 7) is 2.27. The van der Waals surface area contributed by atoms with E-state index in [9.17, 15) is 0 Å². The number of hydrogen-bond donors (Lipinski definition) is 1. The number of ether oxygens (including phenoxy) is 1. The molecule has 0 spiro atoms. The molecular weight excluding hydrogens is 286 g/mol. The van der Waals surface area contributed by atoms with Crippen LogP contribution in [-0.4, -0.2) is 23.1 Å². The minimum atomic E-state index is 0.276. The van der Waals surface area contributed by atoms with Gasteiger partial charge in [0.2, 0.25) is 0 Å². The highest BCUT2D eigenvalue weighted by Crippen LogP contribution is 2.28. The molecule has 4 heteroatoms. The Morgan fingerprint density at radius 2 is 1.65 bits per heavy atom. The van der Waals surface area contributed by atoms with Gasteiger partial charge in [-0.3, -0.25) is 0 Å². The van der Waals surface area contributed by atoms with Gasteiger partial charge in [0.15, 0.2) is 0 Å². The summed E-state index contributed by atoms with van der Waals surface area (Å²) in [7, 11) is 1.91. The van der Waals surface area contributed by atoms with Gasteiger partial charge in [-0.1, -0.05) is 25.5 Å². The molecule has 4 nitrogen and oxygen atoms in total. The topological polar surface area (TPSA) is 47.0 Å². The molecule has 1 aliphatic carbocycles. The first kappa shape index (κ1) is 15.8. The van der Waals surface area contributed by atoms with E-state index in [0.29, 0.717) is 6.01 Å². The van der Waals surface area contributed by atoms with Gasteiger partial charge in [0.25, 0.3) is 0 Å². The summed E-state index contributed by atoms with van der Waals surface area (Å²) in [5.74, 6) is 0.874. The van der Waals surface area contributed by atoms with Gasteiger partial charge in [-0.2, -0.15) is 0 Å². The van der Waals surface area contributed by atoms with Crippen molar-refractivity contribution in [1.82, 2.24) is 9.97 Å². The van der Waals surface area contributed by atoms with Crippen LogP contribution < -0.4 is 10.1 Å². The first-order valence-corrected chi connectivity index (χ1v) is 8.55. The van der Waals surface area contributed by atoms with Crippen LogP contribution in [0, 0.1) is 5.92 Å². The van der Waals surface area contributed by atoms with E-state index in [4.69, 9.17) is 4.74 Å². The molecule has 1 saturated carbocycles. The molecule has 1 heterocycles. The average Bonchev–Trinajstić information content (AvgIpc) is 2.63. The maximum absolute atomic E-state index is 5.94. The number of nitrogens with one attached hydrogen (secondary N) is 1. The second-order valence-electron chi connectivity index (χ2n) is 6.25. The summed E-state index contributed by atoms with van der Waals surface area (Å²) < 4.78 is 5.94. The second-order valence-corrected chi connectivity index (χ2v) is 6.25. The summed E-state index contributed by atoms with van der Waals surface area (Å²) in [6.07, 6.45) is 10.0. The molecule has 0 bridgehead atoms. The van der Waals surface area contributed by atoms with Crippen molar-refractivity contribution in [3.63, 3.8) is 0 Å². The van der Waals surface area contributed by atoms with Gasteiger partial charge in [-0.15, -0.1) is 0 Å². The predicted molar refractivity (Wildman–Crippen MR) is 93.7 cm³/mol. The lowest BCUT2D eigenvalue weighted by atomic mass is 9.86. The lowest BCUT2D eigenvalue weighted by Crippen LogP contribution is -2.24. The molecule has 1 N–H and O–H groups in total. The maximum atomic E-state index is 5.94. The summed E-state index contributed by atoms with van der Waals surface area (Å²) in [6, 6.07) is 8.73. The molecular formula is C19H25N3O. The largest absolute Gasteiger partial charge is 0.460 e. The van der Waals surface area contributed by atoms with Gasteiger partial charge in [-0.25, -0.2) is 9.97 Å². The number of benzene rings is 1. The van der Waals surface area contributed by atoms with Crippen LogP contribution in [0.15, 0.2) is 36.7 Å². The molecule has 3 rings (SSSR count). The smallest absolute Gasteiger partial charge is 0.316 e. The third kappa shape index (κ3) is 4.01. The molecule has 0 atom stereocenters. The van der Waals surface area contributed by atoms with Crippen molar-refractivity contribution in [1.29, 1.82) is 0 Å². The van der Waals surface area contributed by atoms with E-state index in [1.807, 2.05) is 31.6 Å². The van der Waals surface area contributed by atoms with Crippen LogP contribution >= 0.6 is 0 Å². The van der Waals surface area contributed by atoms with Crippen LogP contribution in [0.1, 0.15) is 39.0 Å². The van der Waals surface area contributed by atoms with E-state index in [0.717, 1.165) is 35.6 Å². The Labute approximate surface area is 138 Å². The first-order chi connectivity index (χ1) is 11.3. The summed E-state index contributed by atoms with van der Waals surface area (Å²) in [5, 5.41) is 3.12. The quantitative estimate of drug-likeness (QED) is 0.881. The molecule has 1 aromatic carbocycles. The van der Waals surface area contributed by atoms with Gasteiger partial charge in [0.05, 0.1) is 0 Å². The first-order valence-electron chi connectivity index (χ1n) is 8.55.